The third kappa shape index (κ3) is 2.19. The highest BCUT2D eigenvalue weighted by Crippen LogP contribution is 2.09. The van der Waals surface area contributed by atoms with Gasteiger partial charge in [-0.3, -0.25) is 0 Å². The van der Waals surface area contributed by atoms with E-state index >= 15 is 0 Å². The third-order valence-electron chi connectivity index (χ3n) is 2.09. The first kappa shape index (κ1) is 8.95. The Hall–Kier alpha value is -1.63. The zero-order valence-electron chi connectivity index (χ0n) is 7.70. The lowest BCUT2D eigenvalue weighted by Gasteiger charge is -2.00. The average molecular weight is 185 g/mol. The van der Waals surface area contributed by atoms with E-state index in [1.54, 1.807) is 12.1 Å². The van der Waals surface area contributed by atoms with E-state index in [1.165, 1.54) is 11.6 Å². The molecule has 0 heterocycles. The Labute approximate surface area is 83.0 Å². The van der Waals surface area contributed by atoms with Crippen LogP contribution in [0.25, 0.3) is 0 Å². The Morgan fingerprint density at radius 2 is 1.71 bits per heavy atom. The maximum Gasteiger partial charge on any atom is 0.131 e. The van der Waals surface area contributed by atoms with Crippen molar-refractivity contribution in [3.63, 3.8) is 0 Å². The van der Waals surface area contributed by atoms with Gasteiger partial charge in [0.2, 0.25) is 0 Å². The third-order valence-corrected chi connectivity index (χ3v) is 2.09. The normalized spacial score (nSPS) is 10.1. The number of benzene rings is 2. The summed E-state index contributed by atoms with van der Waals surface area (Å²) in [6, 6.07) is 17.6. The van der Waals surface area contributed by atoms with Crippen LogP contribution < -0.4 is 0 Å². The number of hydrogen-bond acceptors (Lipinski definition) is 0. The van der Waals surface area contributed by atoms with Crippen LogP contribution in [0.5, 0.6) is 0 Å². The summed E-state index contributed by atoms with van der Waals surface area (Å²) >= 11 is 0. The Balaban J connectivity index is 2.16. The van der Waals surface area contributed by atoms with E-state index in [2.05, 4.69) is 18.2 Å². The molecule has 0 N–H and O–H groups in total. The highest BCUT2D eigenvalue weighted by molar-refractivity contribution is 5.25. The minimum atomic E-state index is -0.304. The molecule has 0 saturated heterocycles. The van der Waals surface area contributed by atoms with Crippen molar-refractivity contribution in [2.24, 2.45) is 0 Å². The van der Waals surface area contributed by atoms with E-state index in [0.29, 0.717) is 0 Å². The van der Waals surface area contributed by atoms with Crippen molar-refractivity contribution in [1.82, 2.24) is 0 Å². The van der Waals surface area contributed by atoms with Crippen LogP contribution in [-0.2, 0) is 6.42 Å². The van der Waals surface area contributed by atoms with Crippen LogP contribution in [0.1, 0.15) is 11.1 Å². The topological polar surface area (TPSA) is 0 Å². The van der Waals surface area contributed by atoms with Crippen molar-refractivity contribution in [3.05, 3.63) is 71.5 Å². The fourth-order valence-electron chi connectivity index (χ4n) is 1.38. The van der Waals surface area contributed by atoms with Crippen LogP contribution in [0.3, 0.4) is 0 Å². The van der Waals surface area contributed by atoms with Crippen LogP contribution in [0.2, 0.25) is 0 Å². The Kier molecular flexibility index (Phi) is 2.59. The molecule has 0 atom stereocenters. The summed E-state index contributed by atoms with van der Waals surface area (Å²) in [5, 5.41) is 0. The maximum atomic E-state index is 12.6. The van der Waals surface area contributed by atoms with Gasteiger partial charge in [-0.15, -0.1) is 0 Å². The van der Waals surface area contributed by atoms with Gasteiger partial charge in [0, 0.05) is 6.07 Å². The van der Waals surface area contributed by atoms with Crippen LogP contribution in [0.4, 0.5) is 4.39 Å². The fraction of sp³-hybridized carbons (Fsp3) is 0.0769. The van der Waals surface area contributed by atoms with Gasteiger partial charge in [0.05, 0.1) is 0 Å². The van der Waals surface area contributed by atoms with Crippen molar-refractivity contribution in [2.75, 3.05) is 0 Å². The summed E-state index contributed by atoms with van der Waals surface area (Å²) in [6.07, 6.45) is 0.831. The zero-order chi connectivity index (χ0) is 9.80. The predicted molar refractivity (Wildman–Crippen MR) is 54.5 cm³/mol. The number of rotatable bonds is 2. The Morgan fingerprint density at radius 1 is 0.929 bits per heavy atom. The van der Waals surface area contributed by atoms with Gasteiger partial charge in [-0.2, -0.15) is 0 Å². The van der Waals surface area contributed by atoms with Crippen molar-refractivity contribution in [2.45, 2.75) is 6.42 Å². The summed E-state index contributed by atoms with van der Waals surface area (Å²) in [7, 11) is 0. The monoisotopic (exact) mass is 185 g/mol. The smallest absolute Gasteiger partial charge is 0.131 e. The molecule has 14 heavy (non-hydrogen) atoms. The predicted octanol–water partition coefficient (Wildman–Crippen LogP) is 3.22. The van der Waals surface area contributed by atoms with Gasteiger partial charge in [-0.05, 0) is 29.7 Å². The lowest BCUT2D eigenvalue weighted by atomic mass is 10.1. The van der Waals surface area contributed by atoms with Crippen molar-refractivity contribution >= 4 is 0 Å². The molecule has 0 bridgehead atoms. The van der Waals surface area contributed by atoms with Gasteiger partial charge < -0.3 is 0 Å². The van der Waals surface area contributed by atoms with Crippen molar-refractivity contribution in [1.29, 1.82) is 0 Å². The molecule has 0 fully saturated rings. The van der Waals surface area contributed by atoms with Crippen molar-refractivity contribution in [3.8, 4) is 0 Å². The van der Waals surface area contributed by atoms with Crippen LogP contribution in [0.15, 0.2) is 48.5 Å². The molecule has 0 aliphatic heterocycles. The van der Waals surface area contributed by atoms with Gasteiger partial charge in [-0.25, -0.2) is 4.39 Å². The zero-order valence-corrected chi connectivity index (χ0v) is 7.70. The second-order valence-corrected chi connectivity index (χ2v) is 3.21. The number of halogens is 1. The highest BCUT2D eigenvalue weighted by atomic mass is 19.1. The first-order chi connectivity index (χ1) is 6.84. The van der Waals surface area contributed by atoms with Gasteiger partial charge in [0.25, 0.3) is 0 Å². The molecule has 0 nitrogen and oxygen atoms in total. The van der Waals surface area contributed by atoms with E-state index in [-0.39, 0.29) is 5.82 Å². The maximum absolute atomic E-state index is 12.6. The fourth-order valence-corrected chi connectivity index (χ4v) is 1.38. The summed E-state index contributed by atoms with van der Waals surface area (Å²) < 4.78 is 12.6. The molecule has 0 aliphatic rings. The molecular formula is C13H10F. The van der Waals surface area contributed by atoms with E-state index in [9.17, 15) is 4.39 Å². The molecule has 69 valence electrons. The Morgan fingerprint density at radius 3 is 2.36 bits per heavy atom. The van der Waals surface area contributed by atoms with E-state index in [0.717, 1.165) is 12.0 Å². The summed E-state index contributed by atoms with van der Waals surface area (Å²) in [4.78, 5) is 0. The minimum Gasteiger partial charge on any atom is -0.206 e. The van der Waals surface area contributed by atoms with Crippen LogP contribution in [0, 0.1) is 11.9 Å². The molecule has 2 aromatic carbocycles. The largest absolute Gasteiger partial charge is 0.206 e. The molecular weight excluding hydrogens is 175 g/mol. The lowest BCUT2D eigenvalue weighted by Crippen LogP contribution is -1.87. The SMILES string of the molecule is Fc1[c]cc(Cc2ccccc2)cc1. The first-order valence-electron chi connectivity index (χ1n) is 4.54. The highest BCUT2D eigenvalue weighted by Gasteiger charge is 1.95. The van der Waals surface area contributed by atoms with Gasteiger partial charge in [0.1, 0.15) is 5.82 Å². The molecule has 0 saturated carbocycles. The average Bonchev–Trinajstić information content (AvgIpc) is 2.23. The number of hydrogen-bond donors (Lipinski definition) is 0. The van der Waals surface area contributed by atoms with Gasteiger partial charge in [-0.1, -0.05) is 36.4 Å². The molecule has 0 aromatic heterocycles. The second kappa shape index (κ2) is 4.05. The minimum absolute atomic E-state index is 0.304. The van der Waals surface area contributed by atoms with E-state index < -0.39 is 0 Å². The molecule has 2 aromatic rings. The Bertz CT molecular complexity index is 389. The second-order valence-electron chi connectivity index (χ2n) is 3.21. The molecule has 0 amide bonds. The standard InChI is InChI=1S/C13H10F/c14-13-8-6-12(7-9-13)10-11-4-2-1-3-5-11/h1-8H,10H2. The molecule has 1 radical (unpaired) electrons. The molecule has 0 aliphatic carbocycles. The molecule has 1 heteroatoms. The quantitative estimate of drug-likeness (QED) is 0.674. The van der Waals surface area contributed by atoms with Gasteiger partial charge in [0.15, 0.2) is 0 Å². The first-order valence-corrected chi connectivity index (χ1v) is 4.54. The van der Waals surface area contributed by atoms with E-state index in [1.807, 2.05) is 18.2 Å². The van der Waals surface area contributed by atoms with Crippen LogP contribution >= 0.6 is 0 Å². The van der Waals surface area contributed by atoms with E-state index in [4.69, 9.17) is 0 Å². The van der Waals surface area contributed by atoms with Crippen LogP contribution in [-0.4, -0.2) is 0 Å². The van der Waals surface area contributed by atoms with Gasteiger partial charge >= 0.3 is 0 Å². The lowest BCUT2D eigenvalue weighted by molar-refractivity contribution is 0.625. The summed E-state index contributed by atoms with van der Waals surface area (Å²) in [5.41, 5.74) is 2.31. The molecule has 0 spiro atoms. The summed E-state index contributed by atoms with van der Waals surface area (Å²) in [5.74, 6) is -0.304. The molecule has 2 rings (SSSR count). The van der Waals surface area contributed by atoms with Crippen molar-refractivity contribution < 1.29 is 4.39 Å². The summed E-state index contributed by atoms with van der Waals surface area (Å²) in [6.45, 7) is 0. The molecule has 0 unspecified atom stereocenters.